The molecule has 1 N–H and O–H groups in total. The molecular weight excluding hydrogens is 749 g/mol. The molecule has 0 spiro atoms. The number of non-ortho nitro benzene ring substituents is 1. The molecule has 0 aromatic heterocycles. The van der Waals surface area contributed by atoms with Gasteiger partial charge in [-0.05, 0) is 44.2 Å². The van der Waals surface area contributed by atoms with Gasteiger partial charge in [0.1, 0.15) is 0 Å². The van der Waals surface area contributed by atoms with Gasteiger partial charge in [-0.25, -0.2) is 6.54 Å². The molecule has 209 valence electrons. The molecule has 3 aromatic carbocycles. The van der Waals surface area contributed by atoms with Crippen molar-refractivity contribution in [2.75, 3.05) is 4.90 Å². The van der Waals surface area contributed by atoms with Crippen molar-refractivity contribution < 1.29 is 64.8 Å². The van der Waals surface area contributed by atoms with Crippen LogP contribution in [0.1, 0.15) is 63.3 Å². The van der Waals surface area contributed by atoms with Gasteiger partial charge in [0.05, 0.1) is 0 Å². The molecule has 1 saturated heterocycles. The number of hydrogen-bond donors (Lipinski definition) is 1. The maximum absolute atomic E-state index is 10.4. The number of nitro groups is 1. The average Bonchev–Trinajstić information content (AvgIpc) is 3.14. The number of anilines is 1. The van der Waals surface area contributed by atoms with Crippen molar-refractivity contribution in [1.29, 1.82) is 0 Å². The number of phenolic OH excluding ortho intramolecular Hbond substituents is 1. The maximum Gasteiger partial charge on any atom is 0 e. The second-order valence-electron chi connectivity index (χ2n) is 10.2. The van der Waals surface area contributed by atoms with Crippen LogP contribution in [0.4, 0.5) is 11.4 Å². The molecule has 1 aliphatic heterocycles. The SMILES string of the molecule is CCc1cccc(CC)c1N1[CH-]C(C)(c2ccccc2)CC1(C)C.O=[N+]([O-])c1ccc(O)c([CH]=[Ru]([Cl])[Cl])c1.[Pr]. The second kappa shape index (κ2) is 14.8. The Morgan fingerprint density at radius 2 is 1.62 bits per heavy atom. The fourth-order valence-electron chi connectivity index (χ4n) is 5.20. The van der Waals surface area contributed by atoms with Crippen LogP contribution < -0.4 is 4.90 Å². The largest absolute Gasteiger partial charge is 0 e. The van der Waals surface area contributed by atoms with Crippen molar-refractivity contribution in [3.8, 4) is 5.75 Å². The van der Waals surface area contributed by atoms with E-state index in [0.717, 1.165) is 19.3 Å². The van der Waals surface area contributed by atoms with Crippen LogP contribution in [0.3, 0.4) is 0 Å². The Kier molecular flexibility index (Phi) is 13.0. The zero-order valence-electron chi connectivity index (χ0n) is 23.0. The van der Waals surface area contributed by atoms with Crippen LogP contribution in [-0.2, 0) is 31.8 Å². The fourth-order valence-corrected chi connectivity index (χ4v) is 6.99. The van der Waals surface area contributed by atoms with E-state index in [4.69, 9.17) is 19.4 Å². The predicted octanol–water partition coefficient (Wildman–Crippen LogP) is 8.30. The number of para-hydroxylation sites is 1. The molecular formula is C30H35Cl2N2O3PrRu-. The summed E-state index contributed by atoms with van der Waals surface area (Å²) in [7, 11) is 11.2. The zero-order valence-corrected chi connectivity index (χ0v) is 29.9. The third kappa shape index (κ3) is 8.55. The summed E-state index contributed by atoms with van der Waals surface area (Å²) >= 11 is -2.08. The summed E-state index contributed by atoms with van der Waals surface area (Å²) in [6.45, 7) is 14.1. The molecule has 0 amide bonds. The van der Waals surface area contributed by atoms with Crippen LogP contribution in [0.2, 0.25) is 0 Å². The van der Waals surface area contributed by atoms with E-state index in [1.807, 2.05) is 0 Å². The molecule has 0 bridgehead atoms. The first-order valence-electron chi connectivity index (χ1n) is 12.5. The first-order chi connectivity index (χ1) is 17.9. The summed E-state index contributed by atoms with van der Waals surface area (Å²) < 4.78 is 1.45. The molecule has 4 rings (SSSR count). The van der Waals surface area contributed by atoms with E-state index < -0.39 is 18.4 Å². The van der Waals surface area contributed by atoms with Crippen molar-refractivity contribution in [2.45, 2.75) is 64.8 Å². The Hall–Kier alpha value is -0.903. The van der Waals surface area contributed by atoms with E-state index in [1.165, 1.54) is 45.2 Å². The van der Waals surface area contributed by atoms with Crippen LogP contribution in [0, 0.1) is 58.0 Å². The Labute approximate surface area is 278 Å². The van der Waals surface area contributed by atoms with Gasteiger partial charge < -0.3 is 4.90 Å². The van der Waals surface area contributed by atoms with Gasteiger partial charge in [0.25, 0.3) is 0 Å². The van der Waals surface area contributed by atoms with E-state index in [-0.39, 0.29) is 63.7 Å². The molecule has 1 heterocycles. The monoisotopic (exact) mass is 784 g/mol. The van der Waals surface area contributed by atoms with Gasteiger partial charge in [-0.2, -0.15) is 0 Å². The molecule has 5 nitrogen and oxygen atoms in total. The number of aromatic hydroxyl groups is 1. The Balaban J connectivity index is 0.000000306. The predicted molar refractivity (Wildman–Crippen MR) is 156 cm³/mol. The van der Waals surface area contributed by atoms with E-state index in [2.05, 4.69) is 94.6 Å². The summed E-state index contributed by atoms with van der Waals surface area (Å²) in [5.74, 6) is -0.0596. The Bertz CT molecular complexity index is 1290. The number of nitro benzene ring substituents is 1. The molecule has 3 aromatic rings. The number of hydrogen-bond acceptors (Lipinski definition) is 4. The molecule has 1 fully saturated rings. The molecule has 1 atom stereocenters. The van der Waals surface area contributed by atoms with Gasteiger partial charge in [-0.15, -0.1) is 5.41 Å². The second-order valence-corrected chi connectivity index (χ2v) is 15.9. The number of phenols is 1. The van der Waals surface area contributed by atoms with E-state index in [1.54, 1.807) is 0 Å². The standard InChI is InChI=1S/C23H30N.C7H5NO3.2ClH.Pr.Ru/c1-6-18-12-11-13-19(7-2)21(18)24-17-23(5,16-22(24,3)4)20-14-9-8-10-15-20;1-5-4-6(8(10)11)2-3-7(5)9;;;;/h8-15,17H,6-7,16H2,1-5H3;1-4,9H;2*1H;;/q-1;;;;;+2/p-2. The summed E-state index contributed by atoms with van der Waals surface area (Å²) in [4.78, 5) is 12.4. The zero-order chi connectivity index (χ0) is 28.1. The van der Waals surface area contributed by atoms with Gasteiger partial charge in [-0.3, -0.25) is 0 Å². The number of benzene rings is 3. The quantitative estimate of drug-likeness (QED) is 0.118. The number of rotatable bonds is 6. The Morgan fingerprint density at radius 3 is 2.13 bits per heavy atom. The molecule has 9 heteroatoms. The van der Waals surface area contributed by atoms with Crippen molar-refractivity contribution in [3.63, 3.8) is 0 Å². The smallest absolute Gasteiger partial charge is 0 e. The van der Waals surface area contributed by atoms with Crippen LogP contribution in [0.15, 0.2) is 66.7 Å². The van der Waals surface area contributed by atoms with Crippen molar-refractivity contribution in [1.82, 2.24) is 0 Å². The number of halogens is 2. The molecule has 1 unspecified atom stereocenters. The van der Waals surface area contributed by atoms with Gasteiger partial charge in [-0.1, -0.05) is 74.9 Å². The minimum absolute atomic E-state index is 0. The average molecular weight is 785 g/mol. The van der Waals surface area contributed by atoms with Gasteiger partial charge in [0.2, 0.25) is 0 Å². The van der Waals surface area contributed by atoms with Crippen LogP contribution in [0.25, 0.3) is 0 Å². The van der Waals surface area contributed by atoms with E-state index >= 15 is 0 Å². The summed E-state index contributed by atoms with van der Waals surface area (Å²) in [6, 6.07) is 21.4. The number of aryl methyl sites for hydroxylation is 2. The fraction of sp³-hybridized carbons (Fsp3) is 0.333. The van der Waals surface area contributed by atoms with Crippen molar-refractivity contribution in [3.05, 3.63) is 106 Å². The molecule has 39 heavy (non-hydrogen) atoms. The van der Waals surface area contributed by atoms with Crippen molar-refractivity contribution in [2.24, 2.45) is 0 Å². The van der Waals surface area contributed by atoms with Gasteiger partial charge >= 0.3 is 92.9 Å². The van der Waals surface area contributed by atoms with Gasteiger partial charge in [0.15, 0.2) is 0 Å². The van der Waals surface area contributed by atoms with Gasteiger partial charge in [0, 0.05) is 52.5 Å². The first kappa shape index (κ1) is 34.3. The molecule has 1 aliphatic rings. The minimum atomic E-state index is -2.08. The molecule has 1 radical (unpaired) electrons. The molecule has 0 saturated carbocycles. The minimum Gasteiger partial charge on any atom is 0 e. The van der Waals surface area contributed by atoms with Crippen LogP contribution in [-0.4, -0.2) is 20.2 Å². The van der Waals surface area contributed by atoms with E-state index in [9.17, 15) is 15.2 Å². The topological polar surface area (TPSA) is 66.6 Å². The summed E-state index contributed by atoms with van der Waals surface area (Å²) in [6.07, 6.45) is 3.28. The maximum atomic E-state index is 10.4. The summed E-state index contributed by atoms with van der Waals surface area (Å²) in [5.41, 5.74) is 6.16. The number of nitrogens with zero attached hydrogens (tertiary/aromatic N) is 2. The third-order valence-electron chi connectivity index (χ3n) is 6.91. The molecule has 0 aliphatic carbocycles. The van der Waals surface area contributed by atoms with Crippen LogP contribution >= 0.6 is 19.4 Å². The summed E-state index contributed by atoms with van der Waals surface area (Å²) in [5, 5.41) is 19.7. The van der Waals surface area contributed by atoms with Crippen molar-refractivity contribution >= 4 is 35.4 Å². The normalized spacial score (nSPS) is 17.9. The first-order valence-corrected chi connectivity index (χ1v) is 18.0. The van der Waals surface area contributed by atoms with Crippen LogP contribution in [0.5, 0.6) is 5.75 Å². The Morgan fingerprint density at radius 1 is 1.03 bits per heavy atom. The third-order valence-corrected chi connectivity index (χ3v) is 8.75. The van der Waals surface area contributed by atoms with E-state index in [0.29, 0.717) is 5.56 Å².